The first-order valence-corrected chi connectivity index (χ1v) is 12.1. The average Bonchev–Trinajstić information content (AvgIpc) is 2.91. The quantitative estimate of drug-likeness (QED) is 0.487. The highest BCUT2D eigenvalue weighted by atomic mass is 35.5. The van der Waals surface area contributed by atoms with Crippen molar-refractivity contribution >= 4 is 50.1 Å². The zero-order valence-electron chi connectivity index (χ0n) is 16.7. The van der Waals surface area contributed by atoms with Crippen LogP contribution in [0.25, 0.3) is 0 Å². The number of hydrogen-bond acceptors (Lipinski definition) is 7. The molecule has 32 heavy (non-hydrogen) atoms. The zero-order chi connectivity index (χ0) is 24.0. The molecular formula is C19H16ClFN3O6S2-. The van der Waals surface area contributed by atoms with Crippen molar-refractivity contribution in [1.29, 1.82) is 5.26 Å². The second-order valence-corrected chi connectivity index (χ2v) is 10.2. The molecular weight excluding hydrogens is 485 g/mol. The molecule has 170 valence electrons. The van der Waals surface area contributed by atoms with Crippen molar-refractivity contribution in [2.45, 2.75) is 30.6 Å². The molecule has 1 amide bonds. The minimum atomic E-state index is -5.02. The lowest BCUT2D eigenvalue weighted by atomic mass is 10.0. The summed E-state index contributed by atoms with van der Waals surface area (Å²) in [5, 5.41) is 8.42. The van der Waals surface area contributed by atoms with Crippen molar-refractivity contribution in [2.24, 2.45) is 0 Å². The fourth-order valence-corrected chi connectivity index (χ4v) is 5.33. The molecule has 0 aliphatic carbocycles. The molecule has 0 saturated carbocycles. The lowest BCUT2D eigenvalue weighted by molar-refractivity contribution is -0.120. The van der Waals surface area contributed by atoms with Gasteiger partial charge in [-0.2, -0.15) is 13.7 Å². The second-order valence-electron chi connectivity index (χ2n) is 7.43. The van der Waals surface area contributed by atoms with Crippen LogP contribution >= 0.6 is 11.6 Å². The van der Waals surface area contributed by atoms with E-state index in [-0.39, 0.29) is 17.0 Å². The first-order valence-electron chi connectivity index (χ1n) is 8.93. The Morgan fingerprint density at radius 2 is 1.88 bits per heavy atom. The van der Waals surface area contributed by atoms with Crippen LogP contribution in [0.1, 0.15) is 25.0 Å². The van der Waals surface area contributed by atoms with E-state index < -0.39 is 54.7 Å². The van der Waals surface area contributed by atoms with Gasteiger partial charge in [-0.05, 0) is 43.7 Å². The van der Waals surface area contributed by atoms with Crippen molar-refractivity contribution in [3.63, 3.8) is 0 Å². The molecule has 1 aliphatic rings. The summed E-state index contributed by atoms with van der Waals surface area (Å²) in [6, 6.07) is 9.47. The summed E-state index contributed by atoms with van der Waals surface area (Å²) in [6.45, 7) is 2.77. The van der Waals surface area contributed by atoms with Gasteiger partial charge in [-0.15, -0.1) is 0 Å². The molecule has 1 N–H and O–H groups in total. The number of hydrogen-bond donors (Lipinski definition) is 1. The predicted octanol–water partition coefficient (Wildman–Crippen LogP) is 2.53. The second kappa shape index (κ2) is 8.42. The van der Waals surface area contributed by atoms with Gasteiger partial charge in [-0.25, -0.2) is 4.39 Å². The third-order valence-electron chi connectivity index (χ3n) is 4.99. The normalized spacial score (nSPS) is 19.2. The zero-order valence-corrected chi connectivity index (χ0v) is 19.0. The number of nitrogens with zero attached hydrogens (tertiary/aromatic N) is 3. The van der Waals surface area contributed by atoms with E-state index in [0.717, 1.165) is 17.0 Å². The van der Waals surface area contributed by atoms with Crippen molar-refractivity contribution < 1.29 is 30.9 Å². The van der Waals surface area contributed by atoms with E-state index in [2.05, 4.69) is 0 Å². The van der Waals surface area contributed by atoms with Crippen molar-refractivity contribution in [2.75, 3.05) is 9.80 Å². The van der Waals surface area contributed by atoms with E-state index in [0.29, 0.717) is 10.5 Å². The van der Waals surface area contributed by atoms with Crippen LogP contribution in [0.3, 0.4) is 0 Å². The van der Waals surface area contributed by atoms with Gasteiger partial charge in [-0.1, -0.05) is 34.8 Å². The Kier molecular flexibility index (Phi) is 6.34. The summed E-state index contributed by atoms with van der Waals surface area (Å²) >= 11 is 3.51. The first kappa shape index (κ1) is 24.1. The number of anilines is 2. The van der Waals surface area contributed by atoms with Gasteiger partial charge in [0.25, 0.3) is 5.91 Å². The smallest absolute Gasteiger partial charge is 0.306 e. The maximum atomic E-state index is 15.0. The summed E-state index contributed by atoms with van der Waals surface area (Å²) in [5.74, 6) is -2.33. The van der Waals surface area contributed by atoms with E-state index in [9.17, 15) is 30.9 Å². The van der Waals surface area contributed by atoms with E-state index in [4.69, 9.17) is 16.9 Å². The van der Waals surface area contributed by atoms with Gasteiger partial charge in [0, 0.05) is 11.4 Å². The Morgan fingerprint density at radius 3 is 2.38 bits per heavy atom. The van der Waals surface area contributed by atoms with Crippen LogP contribution in [-0.2, 0) is 31.7 Å². The highest BCUT2D eigenvalue weighted by Crippen LogP contribution is 2.42. The summed E-state index contributed by atoms with van der Waals surface area (Å²) in [7, 11) is -5.02. The Morgan fingerprint density at radius 1 is 1.28 bits per heavy atom. The maximum absolute atomic E-state index is 15.0. The lowest BCUT2D eigenvalue weighted by Gasteiger charge is -2.34. The van der Waals surface area contributed by atoms with Crippen LogP contribution in [0.4, 0.5) is 15.8 Å². The van der Waals surface area contributed by atoms with Crippen molar-refractivity contribution in [3.8, 4) is 6.07 Å². The van der Waals surface area contributed by atoms with E-state index >= 15 is 0 Å². The third-order valence-corrected chi connectivity index (χ3v) is 6.89. The molecule has 1 heterocycles. The third kappa shape index (κ3) is 4.10. The molecule has 1 fully saturated rings. The van der Waals surface area contributed by atoms with Gasteiger partial charge >= 0.3 is 10.1 Å². The minimum Gasteiger partial charge on any atom is -0.772 e. The molecule has 1 aliphatic heterocycles. The number of carbonyl (C=O) groups is 1. The molecule has 2 atom stereocenters. The molecule has 2 aromatic rings. The van der Waals surface area contributed by atoms with Crippen LogP contribution in [-0.4, -0.2) is 38.7 Å². The van der Waals surface area contributed by atoms with Gasteiger partial charge in [-0.3, -0.25) is 18.5 Å². The standard InChI is InChI=1S/C19H17ClFN3O6S2/c1-19(2)17(25)23(14-8-5-12(9-22)15(20)16(14)21)18(32(28,29)30)24(19)13-6-3-11(4-7-13)10-31(26)27/h3-8,18H,10H2,1-2H3,(H,26,27)(H,28,29,30)/p-1. The van der Waals surface area contributed by atoms with Crippen LogP contribution in [0.2, 0.25) is 5.02 Å². The topological polar surface area (TPSA) is 142 Å². The predicted molar refractivity (Wildman–Crippen MR) is 115 cm³/mol. The van der Waals surface area contributed by atoms with Gasteiger partial charge in [0.05, 0.1) is 16.3 Å². The number of carbonyl (C=O) groups excluding carboxylic acids is 1. The average molecular weight is 501 g/mol. The molecule has 2 unspecified atom stereocenters. The summed E-state index contributed by atoms with van der Waals surface area (Å²) in [4.78, 5) is 14.9. The Labute approximate surface area is 191 Å². The molecule has 0 bridgehead atoms. The van der Waals surface area contributed by atoms with Crippen LogP contribution in [0.15, 0.2) is 36.4 Å². The van der Waals surface area contributed by atoms with E-state index in [1.54, 1.807) is 6.07 Å². The van der Waals surface area contributed by atoms with Crippen LogP contribution in [0.5, 0.6) is 0 Å². The molecule has 0 radical (unpaired) electrons. The Hall–Kier alpha value is -2.56. The number of rotatable bonds is 5. The highest BCUT2D eigenvalue weighted by molar-refractivity contribution is 7.86. The monoisotopic (exact) mass is 500 g/mol. The molecule has 9 nitrogen and oxygen atoms in total. The number of halogens is 2. The summed E-state index contributed by atoms with van der Waals surface area (Å²) in [5.41, 5.74) is -3.80. The van der Waals surface area contributed by atoms with Gasteiger partial charge in [0.15, 0.2) is 5.82 Å². The molecule has 0 aromatic heterocycles. The maximum Gasteiger partial charge on any atom is 0.306 e. The lowest BCUT2D eigenvalue weighted by Crippen LogP contribution is -2.49. The molecule has 0 spiro atoms. The fraction of sp³-hybridized carbons (Fsp3) is 0.263. The summed E-state index contributed by atoms with van der Waals surface area (Å²) < 4.78 is 71.6. The number of benzene rings is 2. The Bertz CT molecular complexity index is 1260. The van der Waals surface area contributed by atoms with Gasteiger partial charge < -0.3 is 9.45 Å². The summed E-state index contributed by atoms with van der Waals surface area (Å²) in [6.07, 6.45) is 0. The fourth-order valence-electron chi connectivity index (χ4n) is 3.54. The largest absolute Gasteiger partial charge is 0.772 e. The van der Waals surface area contributed by atoms with Gasteiger partial charge in [0.2, 0.25) is 5.50 Å². The molecule has 2 aromatic carbocycles. The number of nitriles is 1. The Balaban J connectivity index is 2.20. The van der Waals surface area contributed by atoms with E-state index in [1.807, 2.05) is 0 Å². The molecule has 1 saturated heterocycles. The van der Waals surface area contributed by atoms with Crippen LogP contribution < -0.4 is 9.80 Å². The van der Waals surface area contributed by atoms with Gasteiger partial charge in [0.1, 0.15) is 11.6 Å². The first-order chi connectivity index (χ1) is 14.8. The minimum absolute atomic E-state index is 0.161. The SMILES string of the molecule is CC1(C)C(=O)N(c2ccc(C#N)c(Cl)c2F)C(S(=O)(=O)O)N1c1ccc(CS(=O)[O-])cc1. The number of amides is 1. The highest BCUT2D eigenvalue weighted by Gasteiger charge is 2.58. The molecule has 3 rings (SSSR count). The van der Waals surface area contributed by atoms with Crippen LogP contribution in [0, 0.1) is 17.1 Å². The van der Waals surface area contributed by atoms with Crippen molar-refractivity contribution in [3.05, 3.63) is 58.4 Å². The van der Waals surface area contributed by atoms with Crippen molar-refractivity contribution in [1.82, 2.24) is 0 Å². The van der Waals surface area contributed by atoms with E-state index in [1.165, 1.54) is 38.1 Å². The molecule has 13 heteroatoms.